The number of hydrogen-bond acceptors (Lipinski definition) is 4. The van der Waals surface area contributed by atoms with Gasteiger partial charge in [-0.2, -0.15) is 0 Å². The van der Waals surface area contributed by atoms with Crippen LogP contribution in [0.1, 0.15) is 26.7 Å². The van der Waals surface area contributed by atoms with Crippen LogP contribution in [-0.4, -0.2) is 55.1 Å². The van der Waals surface area contributed by atoms with Crippen molar-refractivity contribution in [2.75, 3.05) is 44.2 Å². The molecule has 5 heteroatoms. The van der Waals surface area contributed by atoms with Gasteiger partial charge in [0.25, 0.3) is 0 Å². The molecule has 2 fully saturated rings. The number of amides is 1. The molecule has 2 aliphatic heterocycles. The van der Waals surface area contributed by atoms with Crippen LogP contribution in [0.25, 0.3) is 0 Å². The number of carbonyl (C=O) groups excluding carboxylic acids is 1. The van der Waals surface area contributed by atoms with Crippen molar-refractivity contribution in [3.05, 3.63) is 24.4 Å². The van der Waals surface area contributed by atoms with Gasteiger partial charge in [0.05, 0.1) is 0 Å². The summed E-state index contributed by atoms with van der Waals surface area (Å²) in [5.74, 6) is 2.71. The average Bonchev–Trinajstić information content (AvgIpc) is 2.59. The van der Waals surface area contributed by atoms with Crippen molar-refractivity contribution in [3.63, 3.8) is 0 Å². The first kappa shape index (κ1) is 17.2. The molecule has 132 valence electrons. The van der Waals surface area contributed by atoms with Gasteiger partial charge in [0.15, 0.2) is 0 Å². The first-order valence-electron chi connectivity index (χ1n) is 9.34. The van der Waals surface area contributed by atoms with Gasteiger partial charge < -0.3 is 15.1 Å². The summed E-state index contributed by atoms with van der Waals surface area (Å²) in [6.45, 7) is 10.00. The SMILES string of the molecule is CCN(CC1CCN(c2ccccn2)CC1)C(=O)C(C)C1CNC1. The maximum atomic E-state index is 12.7. The third-order valence-corrected chi connectivity index (χ3v) is 5.67. The highest BCUT2D eigenvalue weighted by Crippen LogP contribution is 2.24. The molecule has 1 N–H and O–H groups in total. The summed E-state index contributed by atoms with van der Waals surface area (Å²) in [6.07, 6.45) is 4.13. The van der Waals surface area contributed by atoms with Crippen LogP contribution in [0.5, 0.6) is 0 Å². The molecule has 0 spiro atoms. The summed E-state index contributed by atoms with van der Waals surface area (Å²) in [5.41, 5.74) is 0. The van der Waals surface area contributed by atoms with Crippen LogP contribution in [0.2, 0.25) is 0 Å². The highest BCUT2D eigenvalue weighted by atomic mass is 16.2. The molecule has 0 saturated carbocycles. The van der Waals surface area contributed by atoms with E-state index in [0.29, 0.717) is 17.7 Å². The van der Waals surface area contributed by atoms with E-state index in [-0.39, 0.29) is 5.92 Å². The molecule has 1 atom stereocenters. The topological polar surface area (TPSA) is 48.5 Å². The van der Waals surface area contributed by atoms with Crippen molar-refractivity contribution in [2.45, 2.75) is 26.7 Å². The van der Waals surface area contributed by atoms with Crippen molar-refractivity contribution in [2.24, 2.45) is 17.8 Å². The van der Waals surface area contributed by atoms with E-state index in [4.69, 9.17) is 0 Å². The summed E-state index contributed by atoms with van der Waals surface area (Å²) in [5, 5.41) is 3.27. The number of anilines is 1. The molecule has 3 heterocycles. The summed E-state index contributed by atoms with van der Waals surface area (Å²) >= 11 is 0. The zero-order valence-electron chi connectivity index (χ0n) is 14.9. The van der Waals surface area contributed by atoms with E-state index in [2.05, 4.69) is 40.0 Å². The number of hydrogen-bond donors (Lipinski definition) is 1. The van der Waals surface area contributed by atoms with Crippen LogP contribution >= 0.6 is 0 Å². The van der Waals surface area contributed by atoms with E-state index in [1.165, 1.54) is 0 Å². The molecule has 24 heavy (non-hydrogen) atoms. The van der Waals surface area contributed by atoms with Crippen LogP contribution < -0.4 is 10.2 Å². The molecule has 3 rings (SSSR count). The first-order chi connectivity index (χ1) is 11.7. The Hall–Kier alpha value is -1.62. The second-order valence-electron chi connectivity index (χ2n) is 7.20. The predicted molar refractivity (Wildman–Crippen MR) is 97.0 cm³/mol. The number of nitrogens with one attached hydrogen (secondary N) is 1. The first-order valence-corrected chi connectivity index (χ1v) is 9.34. The second kappa shape index (κ2) is 7.97. The highest BCUT2D eigenvalue weighted by molar-refractivity contribution is 5.79. The minimum absolute atomic E-state index is 0.153. The second-order valence-corrected chi connectivity index (χ2v) is 7.20. The Labute approximate surface area is 145 Å². The van der Waals surface area contributed by atoms with Crippen LogP contribution in [0.3, 0.4) is 0 Å². The Morgan fingerprint density at radius 1 is 1.38 bits per heavy atom. The molecule has 5 nitrogen and oxygen atoms in total. The highest BCUT2D eigenvalue weighted by Gasteiger charge is 2.32. The molecule has 1 aromatic rings. The van der Waals surface area contributed by atoms with Gasteiger partial charge in [-0.05, 0) is 56.8 Å². The van der Waals surface area contributed by atoms with Gasteiger partial charge in [0.1, 0.15) is 5.82 Å². The van der Waals surface area contributed by atoms with Crippen molar-refractivity contribution < 1.29 is 4.79 Å². The van der Waals surface area contributed by atoms with Gasteiger partial charge >= 0.3 is 0 Å². The molecule has 2 saturated heterocycles. The molecule has 0 radical (unpaired) electrons. The standard InChI is InChI=1S/C19H30N4O/c1-3-22(19(24)15(2)17-12-20-13-17)14-16-7-10-23(11-8-16)18-6-4-5-9-21-18/h4-6,9,15-17,20H,3,7-8,10-14H2,1-2H3. The number of piperidine rings is 1. The fraction of sp³-hybridized carbons (Fsp3) is 0.684. The van der Waals surface area contributed by atoms with Gasteiger partial charge in [0.2, 0.25) is 5.91 Å². The third-order valence-electron chi connectivity index (χ3n) is 5.67. The number of pyridine rings is 1. The predicted octanol–water partition coefficient (Wildman–Crippen LogP) is 2.00. The van der Waals surface area contributed by atoms with Gasteiger partial charge in [-0.3, -0.25) is 4.79 Å². The number of aromatic nitrogens is 1. The zero-order chi connectivity index (χ0) is 16.9. The molecule has 0 aliphatic carbocycles. The van der Waals surface area contributed by atoms with E-state index in [1.807, 2.05) is 18.3 Å². The van der Waals surface area contributed by atoms with Gasteiger partial charge in [-0.15, -0.1) is 0 Å². The van der Waals surface area contributed by atoms with Crippen molar-refractivity contribution >= 4 is 11.7 Å². The molecule has 1 unspecified atom stereocenters. The largest absolute Gasteiger partial charge is 0.357 e. The monoisotopic (exact) mass is 330 g/mol. The Kier molecular flexibility index (Phi) is 5.72. The molecule has 2 aliphatic rings. The van der Waals surface area contributed by atoms with Crippen molar-refractivity contribution in [3.8, 4) is 0 Å². The maximum Gasteiger partial charge on any atom is 0.225 e. The fourth-order valence-corrected chi connectivity index (χ4v) is 3.73. The lowest BCUT2D eigenvalue weighted by Gasteiger charge is -2.38. The number of rotatable bonds is 6. The minimum atomic E-state index is 0.153. The van der Waals surface area contributed by atoms with E-state index < -0.39 is 0 Å². The minimum Gasteiger partial charge on any atom is -0.357 e. The summed E-state index contributed by atoms with van der Waals surface area (Å²) in [4.78, 5) is 21.6. The molecule has 0 bridgehead atoms. The third kappa shape index (κ3) is 3.89. The summed E-state index contributed by atoms with van der Waals surface area (Å²) in [6, 6.07) is 6.08. The zero-order valence-corrected chi connectivity index (χ0v) is 14.9. The Bertz CT molecular complexity index is 523. The lowest BCUT2D eigenvalue weighted by Crippen LogP contribution is -2.51. The van der Waals surface area contributed by atoms with Crippen LogP contribution in [0.4, 0.5) is 5.82 Å². The molecule has 1 aromatic heterocycles. The molecule has 0 aromatic carbocycles. The number of carbonyl (C=O) groups is 1. The molecular weight excluding hydrogens is 300 g/mol. The maximum absolute atomic E-state index is 12.7. The van der Waals surface area contributed by atoms with Gasteiger partial charge in [-0.25, -0.2) is 4.98 Å². The fourth-order valence-electron chi connectivity index (χ4n) is 3.73. The Balaban J connectivity index is 1.49. The summed E-state index contributed by atoms with van der Waals surface area (Å²) < 4.78 is 0. The quantitative estimate of drug-likeness (QED) is 0.867. The van der Waals surface area contributed by atoms with Crippen LogP contribution in [0, 0.1) is 17.8 Å². The van der Waals surface area contributed by atoms with Gasteiger partial charge in [-0.1, -0.05) is 13.0 Å². The smallest absolute Gasteiger partial charge is 0.225 e. The molecule has 1 amide bonds. The van der Waals surface area contributed by atoms with E-state index >= 15 is 0 Å². The van der Waals surface area contributed by atoms with E-state index in [1.54, 1.807) is 0 Å². The lowest BCUT2D eigenvalue weighted by atomic mass is 9.87. The number of nitrogens with zero attached hydrogens (tertiary/aromatic N) is 3. The van der Waals surface area contributed by atoms with Crippen molar-refractivity contribution in [1.82, 2.24) is 15.2 Å². The average molecular weight is 330 g/mol. The van der Waals surface area contributed by atoms with E-state index in [0.717, 1.165) is 57.9 Å². The summed E-state index contributed by atoms with van der Waals surface area (Å²) in [7, 11) is 0. The lowest BCUT2D eigenvalue weighted by molar-refractivity contribution is -0.138. The normalized spacial score (nSPS) is 20.5. The Morgan fingerprint density at radius 2 is 2.12 bits per heavy atom. The van der Waals surface area contributed by atoms with E-state index in [9.17, 15) is 4.79 Å². The van der Waals surface area contributed by atoms with Crippen LogP contribution in [0.15, 0.2) is 24.4 Å². The van der Waals surface area contributed by atoms with Gasteiger partial charge in [0, 0.05) is 38.3 Å². The Morgan fingerprint density at radius 3 is 2.67 bits per heavy atom. The van der Waals surface area contributed by atoms with Crippen LogP contribution in [-0.2, 0) is 4.79 Å². The van der Waals surface area contributed by atoms with Crippen molar-refractivity contribution in [1.29, 1.82) is 0 Å². The molecular formula is C19H30N4O.